The van der Waals surface area contributed by atoms with E-state index in [1.807, 2.05) is 0 Å². The number of nitrogens with zero attached hydrogens (tertiary/aromatic N) is 1. The van der Waals surface area contributed by atoms with E-state index in [4.69, 9.17) is 37.4 Å². The minimum absolute atomic E-state index is 0.0945. The van der Waals surface area contributed by atoms with Gasteiger partial charge < -0.3 is 25.8 Å². The summed E-state index contributed by atoms with van der Waals surface area (Å²) < 4.78 is 10.3. The Kier molecular flexibility index (Phi) is 2.42. The quantitative estimate of drug-likeness (QED) is 0.441. The van der Waals surface area contributed by atoms with Crippen LogP contribution in [0.3, 0.4) is 0 Å². The summed E-state index contributed by atoms with van der Waals surface area (Å²) in [7, 11) is 0. The molecule has 6 nitrogen and oxygen atoms in total. The third kappa shape index (κ3) is 1.84. The second kappa shape index (κ2) is 3.74. The Morgan fingerprint density at radius 1 is 1.33 bits per heavy atom. The van der Waals surface area contributed by atoms with Crippen molar-refractivity contribution in [2.24, 2.45) is 16.6 Å². The fourth-order valence-corrected chi connectivity index (χ4v) is 1.32. The largest absolute Gasteiger partial charge is 0.452 e. The van der Waals surface area contributed by atoms with Crippen molar-refractivity contribution in [2.75, 3.05) is 6.79 Å². The van der Waals surface area contributed by atoms with E-state index in [9.17, 15) is 0 Å². The molecule has 0 spiro atoms. The summed E-state index contributed by atoms with van der Waals surface area (Å²) in [6, 6.07) is 3.19. The normalized spacial score (nSPS) is 12.3. The first-order valence-electron chi connectivity index (χ1n) is 4.02. The van der Waals surface area contributed by atoms with Crippen molar-refractivity contribution >= 4 is 17.6 Å². The topological polar surface area (TPSA) is 92.1 Å². The molecule has 80 valence electrons. The van der Waals surface area contributed by atoms with Crippen molar-refractivity contribution in [3.05, 3.63) is 17.2 Å². The monoisotopic (exact) mass is 229 g/mol. The Morgan fingerprint density at radius 2 is 2.07 bits per heavy atom. The zero-order valence-corrected chi connectivity index (χ0v) is 8.32. The van der Waals surface area contributed by atoms with Crippen molar-refractivity contribution in [2.45, 2.75) is 0 Å². The van der Waals surface area contributed by atoms with Gasteiger partial charge in [-0.25, -0.2) is 0 Å². The lowest BCUT2D eigenvalue weighted by atomic mass is 10.3. The Labute approximate surface area is 90.3 Å². The number of oxime groups is 1. The van der Waals surface area contributed by atoms with Gasteiger partial charge in [0.2, 0.25) is 24.3 Å². The van der Waals surface area contributed by atoms with Crippen LogP contribution in [-0.4, -0.2) is 12.8 Å². The van der Waals surface area contributed by atoms with Crippen molar-refractivity contribution in [1.29, 1.82) is 0 Å². The van der Waals surface area contributed by atoms with Crippen LogP contribution in [0, 0.1) is 0 Å². The van der Waals surface area contributed by atoms with E-state index >= 15 is 0 Å². The van der Waals surface area contributed by atoms with Gasteiger partial charge in [0, 0.05) is 0 Å². The summed E-state index contributed by atoms with van der Waals surface area (Å²) >= 11 is 5.86. The standard InChI is InChI=1S/C8H8ClN3O3/c9-4-1-2-5(15-12-8(10)11)7-6(4)13-3-14-7/h1-2H,3H2,(H4,10,11,12). The third-order valence-corrected chi connectivity index (χ3v) is 1.98. The summed E-state index contributed by atoms with van der Waals surface area (Å²) in [5.74, 6) is 0.991. The maximum atomic E-state index is 5.86. The van der Waals surface area contributed by atoms with Crippen molar-refractivity contribution in [3.63, 3.8) is 0 Å². The fraction of sp³-hybridized carbons (Fsp3) is 0.125. The zero-order chi connectivity index (χ0) is 10.8. The van der Waals surface area contributed by atoms with E-state index in [1.165, 1.54) is 0 Å². The number of guanidine groups is 1. The Balaban J connectivity index is 2.33. The highest BCUT2D eigenvalue weighted by Crippen LogP contribution is 2.45. The van der Waals surface area contributed by atoms with Crippen LogP contribution in [0.25, 0.3) is 0 Å². The molecule has 0 fully saturated rings. The first-order valence-corrected chi connectivity index (χ1v) is 4.40. The predicted molar refractivity (Wildman–Crippen MR) is 54.0 cm³/mol. The van der Waals surface area contributed by atoms with E-state index < -0.39 is 0 Å². The second-order valence-corrected chi connectivity index (χ2v) is 3.12. The van der Waals surface area contributed by atoms with Crippen LogP contribution < -0.4 is 25.8 Å². The maximum absolute atomic E-state index is 5.86. The average Bonchev–Trinajstić information content (AvgIpc) is 2.66. The number of fused-ring (bicyclic) bond motifs is 1. The van der Waals surface area contributed by atoms with E-state index in [1.54, 1.807) is 12.1 Å². The minimum atomic E-state index is -0.183. The molecule has 1 aromatic carbocycles. The maximum Gasteiger partial charge on any atom is 0.231 e. The lowest BCUT2D eigenvalue weighted by molar-refractivity contribution is 0.170. The predicted octanol–water partition coefficient (Wildman–Crippen LogP) is 0.636. The van der Waals surface area contributed by atoms with Crippen LogP contribution in [0.15, 0.2) is 17.3 Å². The molecule has 1 aliphatic rings. The van der Waals surface area contributed by atoms with Crippen LogP contribution >= 0.6 is 11.6 Å². The molecular weight excluding hydrogens is 222 g/mol. The molecule has 7 heteroatoms. The van der Waals surface area contributed by atoms with Crippen LogP contribution in [0.2, 0.25) is 5.02 Å². The Morgan fingerprint density at radius 3 is 2.80 bits per heavy atom. The third-order valence-electron chi connectivity index (χ3n) is 1.68. The molecule has 1 heterocycles. The van der Waals surface area contributed by atoms with Crippen LogP contribution in [-0.2, 0) is 0 Å². The van der Waals surface area contributed by atoms with Crippen molar-refractivity contribution in [3.8, 4) is 17.2 Å². The number of nitrogens with two attached hydrogens (primary N) is 2. The molecule has 0 saturated heterocycles. The SMILES string of the molecule is NC(N)=NOc1ccc(Cl)c2c1OCO2. The molecule has 1 aliphatic heterocycles. The zero-order valence-electron chi connectivity index (χ0n) is 7.57. The molecule has 1 aromatic rings. The molecule has 0 unspecified atom stereocenters. The smallest absolute Gasteiger partial charge is 0.231 e. The first kappa shape index (κ1) is 9.72. The number of ether oxygens (including phenoxy) is 2. The summed E-state index contributed by atoms with van der Waals surface area (Å²) in [5.41, 5.74) is 10.2. The van der Waals surface area contributed by atoms with E-state index in [0.29, 0.717) is 22.3 Å². The Hall–Kier alpha value is -1.82. The Bertz CT molecular complexity index is 418. The van der Waals surface area contributed by atoms with Gasteiger partial charge in [-0.3, -0.25) is 0 Å². The number of hydrogen-bond donors (Lipinski definition) is 2. The molecule has 0 bridgehead atoms. The van der Waals surface area contributed by atoms with Crippen LogP contribution in [0.4, 0.5) is 0 Å². The van der Waals surface area contributed by atoms with Gasteiger partial charge in [-0.1, -0.05) is 11.6 Å². The lowest BCUT2D eigenvalue weighted by Gasteiger charge is -2.03. The molecule has 4 N–H and O–H groups in total. The molecule has 0 radical (unpaired) electrons. The van der Waals surface area contributed by atoms with Gasteiger partial charge in [-0.2, -0.15) is 0 Å². The van der Waals surface area contributed by atoms with Crippen molar-refractivity contribution < 1.29 is 14.3 Å². The number of hydrogen-bond acceptors (Lipinski definition) is 4. The molecular formula is C8H8ClN3O3. The molecule has 2 rings (SSSR count). The van der Waals surface area contributed by atoms with E-state index in [2.05, 4.69) is 5.16 Å². The van der Waals surface area contributed by atoms with Gasteiger partial charge in [0.25, 0.3) is 0 Å². The van der Waals surface area contributed by atoms with Crippen LogP contribution in [0.5, 0.6) is 17.2 Å². The number of rotatable bonds is 2. The molecule has 0 amide bonds. The minimum Gasteiger partial charge on any atom is -0.452 e. The van der Waals surface area contributed by atoms with Gasteiger partial charge in [0.15, 0.2) is 5.75 Å². The molecule has 0 saturated carbocycles. The van der Waals surface area contributed by atoms with E-state index in [0.717, 1.165) is 0 Å². The summed E-state index contributed by atoms with van der Waals surface area (Å²) in [6.07, 6.45) is 0. The highest BCUT2D eigenvalue weighted by Gasteiger charge is 2.22. The fourth-order valence-electron chi connectivity index (χ4n) is 1.11. The molecule has 0 aliphatic carbocycles. The summed E-state index contributed by atoms with van der Waals surface area (Å²) in [4.78, 5) is 4.94. The lowest BCUT2D eigenvalue weighted by Crippen LogP contribution is -2.23. The van der Waals surface area contributed by atoms with Gasteiger partial charge >= 0.3 is 0 Å². The highest BCUT2D eigenvalue weighted by molar-refractivity contribution is 6.32. The highest BCUT2D eigenvalue weighted by atomic mass is 35.5. The van der Waals surface area contributed by atoms with Crippen LogP contribution in [0.1, 0.15) is 0 Å². The van der Waals surface area contributed by atoms with Gasteiger partial charge in [-0.05, 0) is 17.3 Å². The molecule has 15 heavy (non-hydrogen) atoms. The van der Waals surface area contributed by atoms with Crippen molar-refractivity contribution in [1.82, 2.24) is 0 Å². The first-order chi connectivity index (χ1) is 7.18. The number of halogens is 1. The second-order valence-electron chi connectivity index (χ2n) is 2.72. The summed E-state index contributed by atoms with van der Waals surface area (Å²) in [6.45, 7) is 0.0945. The molecule has 0 atom stereocenters. The van der Waals surface area contributed by atoms with Gasteiger partial charge in [0.05, 0.1) is 5.02 Å². The molecule has 0 aromatic heterocycles. The average molecular weight is 230 g/mol. The number of benzene rings is 1. The van der Waals surface area contributed by atoms with Gasteiger partial charge in [-0.15, -0.1) is 0 Å². The van der Waals surface area contributed by atoms with Gasteiger partial charge in [0.1, 0.15) is 0 Å². The summed E-state index contributed by atoms with van der Waals surface area (Å²) in [5, 5.41) is 3.84. The van der Waals surface area contributed by atoms with E-state index in [-0.39, 0.29) is 12.8 Å².